The first-order valence-electron chi connectivity index (χ1n) is 6.48. The van der Waals surface area contributed by atoms with Crippen molar-refractivity contribution < 1.29 is 5.11 Å². The number of rotatable bonds is 3. The van der Waals surface area contributed by atoms with Gasteiger partial charge >= 0.3 is 0 Å². The Hall–Kier alpha value is -1.02. The second-order valence-electron chi connectivity index (χ2n) is 5.95. The molecule has 2 nitrogen and oxygen atoms in total. The summed E-state index contributed by atoms with van der Waals surface area (Å²) in [5.41, 5.74) is 3.44. The predicted molar refractivity (Wildman–Crippen MR) is 72.6 cm³/mol. The third-order valence-electron chi connectivity index (χ3n) is 3.36. The molecule has 0 bridgehead atoms. The third-order valence-corrected chi connectivity index (χ3v) is 3.36. The number of aliphatic hydroxyl groups is 1. The maximum absolute atomic E-state index is 10.0. The van der Waals surface area contributed by atoms with E-state index in [1.165, 1.54) is 16.8 Å². The highest BCUT2D eigenvalue weighted by Gasteiger charge is 2.26. The molecule has 0 aromatic heterocycles. The van der Waals surface area contributed by atoms with Crippen molar-refractivity contribution in [2.45, 2.75) is 52.2 Å². The van der Waals surface area contributed by atoms with Gasteiger partial charge in [-0.2, -0.15) is 0 Å². The molecule has 1 aromatic rings. The summed E-state index contributed by atoms with van der Waals surface area (Å²) < 4.78 is 0. The van der Waals surface area contributed by atoms with Crippen molar-refractivity contribution in [3.05, 3.63) is 29.3 Å². The van der Waals surface area contributed by atoms with E-state index in [9.17, 15) is 5.11 Å². The average molecular weight is 233 g/mol. The van der Waals surface area contributed by atoms with Gasteiger partial charge in [-0.15, -0.1) is 0 Å². The summed E-state index contributed by atoms with van der Waals surface area (Å²) in [4.78, 5) is 2.45. The van der Waals surface area contributed by atoms with Crippen LogP contribution in [0.15, 0.2) is 18.2 Å². The Bertz CT molecular complexity index is 404. The molecule has 1 N–H and O–H groups in total. The monoisotopic (exact) mass is 233 g/mol. The third kappa shape index (κ3) is 2.63. The molecule has 0 aliphatic carbocycles. The second kappa shape index (κ2) is 4.34. The second-order valence-corrected chi connectivity index (χ2v) is 5.95. The van der Waals surface area contributed by atoms with Crippen molar-refractivity contribution in [2.24, 2.45) is 0 Å². The zero-order valence-electron chi connectivity index (χ0n) is 11.3. The minimum Gasteiger partial charge on any atom is -0.390 e. The molecule has 0 fully saturated rings. The lowest BCUT2D eigenvalue weighted by Gasteiger charge is -2.28. The van der Waals surface area contributed by atoms with E-state index in [1.807, 2.05) is 13.8 Å². The first-order valence-corrected chi connectivity index (χ1v) is 6.48. The van der Waals surface area contributed by atoms with Gasteiger partial charge in [-0.3, -0.25) is 0 Å². The van der Waals surface area contributed by atoms with E-state index < -0.39 is 5.60 Å². The molecule has 0 spiro atoms. The predicted octanol–water partition coefficient (Wildman–Crippen LogP) is 2.77. The molecule has 2 rings (SSSR count). The van der Waals surface area contributed by atoms with Gasteiger partial charge < -0.3 is 10.0 Å². The van der Waals surface area contributed by atoms with Crippen molar-refractivity contribution in [3.8, 4) is 0 Å². The average Bonchev–Trinajstić information content (AvgIpc) is 2.59. The number of anilines is 1. The van der Waals surface area contributed by atoms with Crippen molar-refractivity contribution >= 4 is 5.69 Å². The standard InChI is InChI=1S/C15H23NO/c1-11(2)16-9-8-12-6-5-7-13(14(12)16)10-15(3,4)17/h5-7,11,17H,8-10H2,1-4H3. The summed E-state index contributed by atoms with van der Waals surface area (Å²) in [5, 5.41) is 10.0. The summed E-state index contributed by atoms with van der Waals surface area (Å²) in [5.74, 6) is 0. The Kier molecular flexibility index (Phi) is 3.17. The molecule has 0 saturated carbocycles. The number of benzene rings is 1. The number of fused-ring (bicyclic) bond motifs is 1. The molecule has 1 aliphatic rings. The zero-order valence-corrected chi connectivity index (χ0v) is 11.3. The molecule has 94 valence electrons. The van der Waals surface area contributed by atoms with Gasteiger partial charge in [0.25, 0.3) is 0 Å². The summed E-state index contributed by atoms with van der Waals surface area (Å²) >= 11 is 0. The van der Waals surface area contributed by atoms with Crippen LogP contribution in [0.5, 0.6) is 0 Å². The van der Waals surface area contributed by atoms with E-state index in [2.05, 4.69) is 36.9 Å². The Balaban J connectivity index is 2.38. The van der Waals surface area contributed by atoms with Crippen molar-refractivity contribution in [1.29, 1.82) is 0 Å². The SMILES string of the molecule is CC(C)N1CCc2cccc(CC(C)(C)O)c21. The molecule has 1 heterocycles. The molecule has 0 amide bonds. The van der Waals surface area contributed by atoms with Crippen molar-refractivity contribution in [1.82, 2.24) is 0 Å². The Morgan fingerprint density at radius 2 is 2.06 bits per heavy atom. The van der Waals surface area contributed by atoms with E-state index in [0.717, 1.165) is 19.4 Å². The van der Waals surface area contributed by atoms with Gasteiger partial charge in [-0.05, 0) is 45.2 Å². The molecular formula is C15H23NO. The van der Waals surface area contributed by atoms with Crippen LogP contribution in [0.3, 0.4) is 0 Å². The van der Waals surface area contributed by atoms with Crippen LogP contribution in [0.4, 0.5) is 5.69 Å². The first-order chi connectivity index (χ1) is 7.88. The maximum Gasteiger partial charge on any atom is 0.0632 e. The van der Waals surface area contributed by atoms with E-state index in [-0.39, 0.29) is 0 Å². The molecular weight excluding hydrogens is 210 g/mol. The van der Waals surface area contributed by atoms with Gasteiger partial charge in [-0.25, -0.2) is 0 Å². The molecule has 0 atom stereocenters. The highest BCUT2D eigenvalue weighted by atomic mass is 16.3. The van der Waals surface area contributed by atoms with Crippen LogP contribution in [-0.2, 0) is 12.8 Å². The summed E-state index contributed by atoms with van der Waals surface area (Å²) in [6.45, 7) is 9.32. The molecule has 0 unspecified atom stereocenters. The quantitative estimate of drug-likeness (QED) is 0.867. The molecule has 17 heavy (non-hydrogen) atoms. The van der Waals surface area contributed by atoms with Gasteiger partial charge in [0.1, 0.15) is 0 Å². The fourth-order valence-corrected chi connectivity index (χ4v) is 2.69. The number of para-hydroxylation sites is 1. The minimum atomic E-state index is -0.639. The summed E-state index contributed by atoms with van der Waals surface area (Å²) in [6, 6.07) is 7.01. The minimum absolute atomic E-state index is 0.527. The van der Waals surface area contributed by atoms with Gasteiger partial charge in [0.15, 0.2) is 0 Å². The number of nitrogens with zero attached hydrogens (tertiary/aromatic N) is 1. The molecule has 1 aliphatic heterocycles. The van der Waals surface area contributed by atoms with Crippen LogP contribution in [0.2, 0.25) is 0 Å². The fraction of sp³-hybridized carbons (Fsp3) is 0.600. The van der Waals surface area contributed by atoms with Gasteiger partial charge in [0.2, 0.25) is 0 Å². The Labute approximate surface area is 104 Å². The van der Waals surface area contributed by atoms with E-state index in [4.69, 9.17) is 0 Å². The fourth-order valence-electron chi connectivity index (χ4n) is 2.69. The maximum atomic E-state index is 10.0. The van der Waals surface area contributed by atoms with Crippen molar-refractivity contribution in [3.63, 3.8) is 0 Å². The highest BCUT2D eigenvalue weighted by Crippen LogP contribution is 2.34. The van der Waals surface area contributed by atoms with E-state index >= 15 is 0 Å². The normalized spacial score (nSPS) is 15.5. The van der Waals surface area contributed by atoms with Crippen LogP contribution in [0, 0.1) is 0 Å². The van der Waals surface area contributed by atoms with Gasteiger partial charge in [0, 0.05) is 24.7 Å². The molecule has 0 saturated heterocycles. The van der Waals surface area contributed by atoms with Crippen LogP contribution in [-0.4, -0.2) is 23.3 Å². The smallest absolute Gasteiger partial charge is 0.0632 e. The summed E-state index contributed by atoms with van der Waals surface area (Å²) in [6.07, 6.45) is 1.85. The van der Waals surface area contributed by atoms with Crippen LogP contribution >= 0.6 is 0 Å². The first kappa shape index (κ1) is 12.4. The number of hydrogen-bond acceptors (Lipinski definition) is 2. The van der Waals surface area contributed by atoms with E-state index in [0.29, 0.717) is 6.04 Å². The van der Waals surface area contributed by atoms with Gasteiger partial charge in [-0.1, -0.05) is 18.2 Å². The lowest BCUT2D eigenvalue weighted by Crippen LogP contribution is -2.30. The largest absolute Gasteiger partial charge is 0.390 e. The van der Waals surface area contributed by atoms with Crippen LogP contribution < -0.4 is 4.90 Å². The highest BCUT2D eigenvalue weighted by molar-refractivity contribution is 5.64. The molecule has 0 radical (unpaired) electrons. The van der Waals surface area contributed by atoms with Crippen molar-refractivity contribution in [2.75, 3.05) is 11.4 Å². The number of hydrogen-bond donors (Lipinski definition) is 1. The van der Waals surface area contributed by atoms with Gasteiger partial charge in [0.05, 0.1) is 5.60 Å². The lowest BCUT2D eigenvalue weighted by atomic mass is 9.95. The lowest BCUT2D eigenvalue weighted by molar-refractivity contribution is 0.0811. The van der Waals surface area contributed by atoms with Crippen LogP contribution in [0.1, 0.15) is 38.8 Å². The Morgan fingerprint density at radius 1 is 1.35 bits per heavy atom. The molecule has 2 heteroatoms. The molecule has 1 aromatic carbocycles. The topological polar surface area (TPSA) is 23.5 Å². The Morgan fingerprint density at radius 3 is 2.65 bits per heavy atom. The zero-order chi connectivity index (χ0) is 12.6. The summed E-state index contributed by atoms with van der Waals surface area (Å²) in [7, 11) is 0. The van der Waals surface area contributed by atoms with Crippen LogP contribution in [0.25, 0.3) is 0 Å². The van der Waals surface area contributed by atoms with E-state index in [1.54, 1.807) is 0 Å².